The lowest BCUT2D eigenvalue weighted by molar-refractivity contribution is -0.136. The zero-order valence-electron chi connectivity index (χ0n) is 17.0. The molecule has 0 spiro atoms. The number of hydrogen-bond acceptors (Lipinski definition) is 8. The summed E-state index contributed by atoms with van der Waals surface area (Å²) in [4.78, 5) is 19.9. The van der Waals surface area contributed by atoms with E-state index >= 15 is 0 Å². The third-order valence-electron chi connectivity index (χ3n) is 5.19. The molecule has 1 aromatic heterocycles. The van der Waals surface area contributed by atoms with Crippen LogP contribution >= 0.6 is 11.8 Å². The van der Waals surface area contributed by atoms with E-state index in [2.05, 4.69) is 16.0 Å². The summed E-state index contributed by atoms with van der Waals surface area (Å²) in [6.45, 7) is 0.167. The van der Waals surface area contributed by atoms with Crippen LogP contribution < -0.4 is 10.3 Å². The van der Waals surface area contributed by atoms with Gasteiger partial charge in [0.05, 0.1) is 41.0 Å². The molecule has 8 nitrogen and oxygen atoms in total. The van der Waals surface area contributed by atoms with Gasteiger partial charge in [-0.2, -0.15) is 5.26 Å². The highest BCUT2D eigenvalue weighted by Gasteiger charge is 2.50. The van der Waals surface area contributed by atoms with Gasteiger partial charge < -0.3 is 24.3 Å². The number of nitriles is 1. The van der Waals surface area contributed by atoms with E-state index in [1.807, 2.05) is 6.07 Å². The molecule has 160 valence electrons. The maximum Gasteiger partial charge on any atom is 0.259 e. The van der Waals surface area contributed by atoms with Gasteiger partial charge in [0, 0.05) is 19.8 Å². The van der Waals surface area contributed by atoms with Crippen molar-refractivity contribution in [3.63, 3.8) is 0 Å². The van der Waals surface area contributed by atoms with Gasteiger partial charge in [-0.15, -0.1) is 0 Å². The molecule has 1 aliphatic rings. The number of rotatable bonds is 6. The first-order valence-corrected chi connectivity index (χ1v) is 10.4. The largest absolute Gasteiger partial charge is 0.479 e. The molecule has 3 aromatic rings. The molecule has 0 amide bonds. The molecule has 0 saturated heterocycles. The molecule has 2 aromatic carbocycles. The number of ether oxygens (including phenoxy) is 3. The smallest absolute Gasteiger partial charge is 0.259 e. The number of para-hydroxylation sites is 1. The van der Waals surface area contributed by atoms with Gasteiger partial charge in [0.2, 0.25) is 0 Å². The predicted molar refractivity (Wildman–Crippen MR) is 115 cm³/mol. The minimum atomic E-state index is -1.17. The predicted octanol–water partition coefficient (Wildman–Crippen LogP) is 2.41. The molecule has 2 atom stereocenters. The number of nitrogens with one attached hydrogen (secondary N) is 1. The molecule has 0 fully saturated rings. The topological polar surface area (TPSA) is 117 Å². The molecular formula is C22H21N3O5S. The van der Waals surface area contributed by atoms with Crippen molar-refractivity contribution in [3.8, 4) is 11.8 Å². The second kappa shape index (κ2) is 8.69. The number of hydrogen-bond donors (Lipinski definition) is 2. The zero-order valence-corrected chi connectivity index (χ0v) is 17.8. The molecule has 0 radical (unpaired) electrons. The van der Waals surface area contributed by atoms with Crippen molar-refractivity contribution in [3.05, 3.63) is 63.9 Å². The van der Waals surface area contributed by atoms with Crippen molar-refractivity contribution in [1.82, 2.24) is 9.97 Å². The first-order chi connectivity index (χ1) is 15.0. The first-order valence-electron chi connectivity index (χ1n) is 9.56. The summed E-state index contributed by atoms with van der Waals surface area (Å²) in [6, 6.07) is 14.2. The molecule has 9 heteroatoms. The Hall–Kier alpha value is -2.90. The molecule has 1 aliphatic heterocycles. The number of nitrogens with zero attached hydrogens (tertiary/aromatic N) is 2. The molecular weight excluding hydrogens is 418 g/mol. The van der Waals surface area contributed by atoms with Crippen LogP contribution in [0, 0.1) is 11.3 Å². The van der Waals surface area contributed by atoms with E-state index in [-0.39, 0.29) is 18.8 Å². The van der Waals surface area contributed by atoms with Crippen molar-refractivity contribution < 1.29 is 19.3 Å². The van der Waals surface area contributed by atoms with Gasteiger partial charge >= 0.3 is 0 Å². The Morgan fingerprint density at radius 3 is 2.71 bits per heavy atom. The van der Waals surface area contributed by atoms with Crippen LogP contribution in [0.1, 0.15) is 16.4 Å². The van der Waals surface area contributed by atoms with E-state index in [0.29, 0.717) is 32.9 Å². The maximum absolute atomic E-state index is 12.5. The monoisotopic (exact) mass is 439 g/mol. The van der Waals surface area contributed by atoms with Crippen LogP contribution in [0.4, 0.5) is 0 Å². The molecule has 0 aliphatic carbocycles. The lowest BCUT2D eigenvalue weighted by Gasteiger charge is -2.45. The van der Waals surface area contributed by atoms with Gasteiger partial charge in [-0.05, 0) is 30.3 Å². The number of aromatic amines is 1. The minimum absolute atomic E-state index is 0.0835. The van der Waals surface area contributed by atoms with Crippen LogP contribution in [0.3, 0.4) is 0 Å². The van der Waals surface area contributed by atoms with Crippen molar-refractivity contribution in [2.75, 3.05) is 27.4 Å². The van der Waals surface area contributed by atoms with E-state index < -0.39 is 17.0 Å². The third kappa shape index (κ3) is 3.91. The lowest BCUT2D eigenvalue weighted by atomic mass is 9.88. The Kier molecular flexibility index (Phi) is 5.98. The highest BCUT2D eigenvalue weighted by Crippen LogP contribution is 2.49. The average molecular weight is 439 g/mol. The summed E-state index contributed by atoms with van der Waals surface area (Å²) in [6.07, 6.45) is -1.07. The van der Waals surface area contributed by atoms with Crippen molar-refractivity contribution in [2.24, 2.45) is 0 Å². The highest BCUT2D eigenvalue weighted by atomic mass is 32.2. The standard InChI is InChI=1S/C22H21N3O5S/c1-28-11-22(12-29-2)19(26)18(15-9-13(10-23)7-8-17(15)30-22)31-21-24-16-6-4-3-5-14(16)20(27)25-21/h3-9,18-19,26H,11-12H2,1-2H3,(H,24,25,27)/t18-,19-/m1/s1. The van der Waals surface area contributed by atoms with Gasteiger partial charge in [-0.3, -0.25) is 4.79 Å². The normalized spacial score (nSPS) is 19.4. The van der Waals surface area contributed by atoms with E-state index in [1.165, 1.54) is 26.0 Å². The fraction of sp³-hybridized carbons (Fsp3) is 0.318. The number of aliphatic hydroxyl groups excluding tert-OH is 1. The third-order valence-corrected chi connectivity index (χ3v) is 6.37. The summed E-state index contributed by atoms with van der Waals surface area (Å²) in [5, 5.41) is 21.0. The first kappa shape index (κ1) is 21.3. The fourth-order valence-electron chi connectivity index (χ4n) is 3.79. The number of aromatic nitrogens is 2. The fourth-order valence-corrected chi connectivity index (χ4v) is 5.02. The highest BCUT2D eigenvalue weighted by molar-refractivity contribution is 7.99. The summed E-state index contributed by atoms with van der Waals surface area (Å²) < 4.78 is 16.8. The Morgan fingerprint density at radius 1 is 1.26 bits per heavy atom. The SMILES string of the molecule is COCC1(COC)Oc2ccc(C#N)cc2[C@@H](Sc2nc3ccccc3c(=O)[nH]2)[C@H]1O. The second-order valence-corrected chi connectivity index (χ2v) is 8.40. The van der Waals surface area contributed by atoms with Gasteiger partial charge in [-0.1, -0.05) is 23.9 Å². The quantitative estimate of drug-likeness (QED) is 0.563. The Morgan fingerprint density at radius 2 is 2.00 bits per heavy atom. The van der Waals surface area contributed by atoms with Crippen molar-refractivity contribution >= 4 is 22.7 Å². The molecule has 0 unspecified atom stereocenters. The number of benzene rings is 2. The number of methoxy groups -OCH3 is 2. The summed E-state index contributed by atoms with van der Waals surface area (Å²) in [5.41, 5.74) is 0.197. The Balaban J connectivity index is 1.82. The summed E-state index contributed by atoms with van der Waals surface area (Å²) in [7, 11) is 3.04. The van der Waals surface area contributed by atoms with Crippen LogP contribution in [0.2, 0.25) is 0 Å². The number of thioether (sulfide) groups is 1. The van der Waals surface area contributed by atoms with Crippen LogP contribution in [0.5, 0.6) is 5.75 Å². The van der Waals surface area contributed by atoms with Crippen LogP contribution in [-0.2, 0) is 9.47 Å². The maximum atomic E-state index is 12.5. The molecule has 2 N–H and O–H groups in total. The average Bonchev–Trinajstić information content (AvgIpc) is 2.77. The van der Waals surface area contributed by atoms with Crippen molar-refractivity contribution in [1.29, 1.82) is 5.26 Å². The van der Waals surface area contributed by atoms with Gasteiger partial charge in [-0.25, -0.2) is 4.98 Å². The van der Waals surface area contributed by atoms with Crippen LogP contribution in [0.25, 0.3) is 10.9 Å². The molecule has 0 saturated carbocycles. The molecule has 31 heavy (non-hydrogen) atoms. The van der Waals surface area contributed by atoms with Crippen LogP contribution in [-0.4, -0.2) is 54.2 Å². The number of fused-ring (bicyclic) bond motifs is 2. The van der Waals surface area contributed by atoms with Gasteiger partial charge in [0.15, 0.2) is 10.8 Å². The van der Waals surface area contributed by atoms with E-state index in [0.717, 1.165) is 0 Å². The summed E-state index contributed by atoms with van der Waals surface area (Å²) >= 11 is 1.20. The molecule has 0 bridgehead atoms. The minimum Gasteiger partial charge on any atom is -0.479 e. The van der Waals surface area contributed by atoms with E-state index in [1.54, 1.807) is 36.4 Å². The number of H-pyrrole nitrogens is 1. The van der Waals surface area contributed by atoms with Gasteiger partial charge in [0.25, 0.3) is 5.56 Å². The summed E-state index contributed by atoms with van der Waals surface area (Å²) in [5.74, 6) is 0.513. The lowest BCUT2D eigenvalue weighted by Crippen LogP contribution is -2.58. The van der Waals surface area contributed by atoms with E-state index in [9.17, 15) is 15.2 Å². The Bertz CT molecular complexity index is 1200. The van der Waals surface area contributed by atoms with Crippen LogP contribution in [0.15, 0.2) is 52.4 Å². The number of aliphatic hydroxyl groups is 1. The van der Waals surface area contributed by atoms with Crippen molar-refractivity contribution in [2.45, 2.75) is 22.1 Å². The van der Waals surface area contributed by atoms with E-state index in [4.69, 9.17) is 14.2 Å². The Labute approximate surface area is 182 Å². The van der Waals surface area contributed by atoms with Gasteiger partial charge in [0.1, 0.15) is 11.9 Å². The zero-order chi connectivity index (χ0) is 22.0. The second-order valence-electron chi connectivity index (χ2n) is 7.27. The molecule has 4 rings (SSSR count). The molecule has 2 heterocycles.